The molecule has 0 heterocycles. The van der Waals surface area contributed by atoms with Crippen LogP contribution in [0.15, 0.2) is 35.3 Å². The summed E-state index contributed by atoms with van der Waals surface area (Å²) in [6.07, 6.45) is -0.492. The standard InChI is InChI=1S/C25H41N7O6/c1-14(2)12-19(31-21(34)17(26)13-16-8-5-4-6-9-16)23(36)30-18(10-7-11-29-25(27)28)22(35)32-20(15(3)33)24(37)38/h4-6,8-9,14-15,17-20,33H,7,10-13,26H2,1-3H3,(H,30,36)(H,31,34)(H,32,35)(H,37,38)(H4,27,28,29). The number of nitrogens with zero attached hydrogens (tertiary/aromatic N) is 1. The quantitative estimate of drug-likeness (QED) is 0.0703. The monoisotopic (exact) mass is 535 g/mol. The number of hydrogen-bond donors (Lipinski definition) is 8. The molecule has 0 bridgehead atoms. The molecule has 0 radical (unpaired) electrons. The molecule has 3 amide bonds. The van der Waals surface area contributed by atoms with Crippen molar-refractivity contribution < 1.29 is 29.4 Å². The molecule has 0 saturated carbocycles. The minimum absolute atomic E-state index is 0.0113. The van der Waals surface area contributed by atoms with E-state index in [0.717, 1.165) is 5.56 Å². The van der Waals surface area contributed by atoms with E-state index in [0.29, 0.717) is 0 Å². The number of rotatable bonds is 16. The van der Waals surface area contributed by atoms with E-state index in [1.807, 2.05) is 44.2 Å². The van der Waals surface area contributed by atoms with E-state index in [9.17, 15) is 29.4 Å². The molecule has 38 heavy (non-hydrogen) atoms. The van der Waals surface area contributed by atoms with E-state index >= 15 is 0 Å². The first-order valence-corrected chi connectivity index (χ1v) is 12.5. The zero-order chi connectivity index (χ0) is 28.8. The summed E-state index contributed by atoms with van der Waals surface area (Å²) in [5, 5.41) is 26.5. The maximum Gasteiger partial charge on any atom is 0.328 e. The number of hydrogen-bond acceptors (Lipinski definition) is 7. The topological polar surface area (TPSA) is 235 Å². The van der Waals surface area contributed by atoms with Crippen molar-refractivity contribution >= 4 is 29.7 Å². The number of aliphatic imine (C=N–C) groups is 1. The Balaban J connectivity index is 3.01. The van der Waals surface area contributed by atoms with Gasteiger partial charge in [-0.15, -0.1) is 0 Å². The lowest BCUT2D eigenvalue weighted by Gasteiger charge is -2.26. The van der Waals surface area contributed by atoms with Gasteiger partial charge in [0.15, 0.2) is 12.0 Å². The van der Waals surface area contributed by atoms with E-state index in [-0.39, 0.29) is 44.1 Å². The number of aliphatic carboxylic acids is 1. The van der Waals surface area contributed by atoms with Crippen LogP contribution in [-0.4, -0.2) is 76.7 Å². The lowest BCUT2D eigenvalue weighted by atomic mass is 10.0. The maximum absolute atomic E-state index is 13.2. The Morgan fingerprint density at radius 1 is 0.921 bits per heavy atom. The van der Waals surface area contributed by atoms with E-state index < -0.39 is 54.0 Å². The van der Waals surface area contributed by atoms with E-state index in [2.05, 4.69) is 20.9 Å². The van der Waals surface area contributed by atoms with Crippen LogP contribution in [-0.2, 0) is 25.6 Å². The highest BCUT2D eigenvalue weighted by atomic mass is 16.4. The molecule has 13 heteroatoms. The molecule has 13 nitrogen and oxygen atoms in total. The molecule has 11 N–H and O–H groups in total. The first-order chi connectivity index (χ1) is 17.8. The van der Waals surface area contributed by atoms with Gasteiger partial charge in [0.05, 0.1) is 12.1 Å². The number of carbonyl (C=O) groups excluding carboxylic acids is 3. The summed E-state index contributed by atoms with van der Waals surface area (Å²) < 4.78 is 0. The fourth-order valence-electron chi connectivity index (χ4n) is 3.63. The smallest absolute Gasteiger partial charge is 0.328 e. The van der Waals surface area contributed by atoms with Gasteiger partial charge in [-0.25, -0.2) is 4.79 Å². The fourth-order valence-corrected chi connectivity index (χ4v) is 3.63. The zero-order valence-electron chi connectivity index (χ0n) is 22.1. The second-order valence-electron chi connectivity index (χ2n) is 9.56. The van der Waals surface area contributed by atoms with Crippen molar-refractivity contribution in [1.29, 1.82) is 0 Å². The van der Waals surface area contributed by atoms with Crippen molar-refractivity contribution in [2.24, 2.45) is 28.1 Å². The summed E-state index contributed by atoms with van der Waals surface area (Å²) in [5.41, 5.74) is 17.6. The molecule has 0 fully saturated rings. The fraction of sp³-hybridized carbons (Fsp3) is 0.560. The SMILES string of the molecule is CC(C)CC(NC(=O)C(N)Cc1ccccc1)C(=O)NC(CCCN=C(N)N)C(=O)NC(C(=O)O)C(C)O. The average Bonchev–Trinajstić information content (AvgIpc) is 2.83. The van der Waals surface area contributed by atoms with Crippen LogP contribution in [0.4, 0.5) is 0 Å². The number of aliphatic hydroxyl groups excluding tert-OH is 1. The Hall–Kier alpha value is -3.71. The highest BCUT2D eigenvalue weighted by molar-refractivity contribution is 5.94. The van der Waals surface area contributed by atoms with Gasteiger partial charge in [-0.2, -0.15) is 0 Å². The van der Waals surface area contributed by atoms with Gasteiger partial charge in [-0.05, 0) is 44.1 Å². The number of amides is 3. The Morgan fingerprint density at radius 3 is 2.03 bits per heavy atom. The maximum atomic E-state index is 13.2. The molecule has 0 aromatic heterocycles. The predicted octanol–water partition coefficient (Wildman–Crippen LogP) is -1.42. The second-order valence-corrected chi connectivity index (χ2v) is 9.56. The summed E-state index contributed by atoms with van der Waals surface area (Å²) in [5.74, 6) is -3.53. The van der Waals surface area contributed by atoms with Gasteiger partial charge in [0.25, 0.3) is 0 Å². The van der Waals surface area contributed by atoms with Crippen molar-refractivity contribution in [3.8, 4) is 0 Å². The third-order valence-electron chi connectivity index (χ3n) is 5.60. The third kappa shape index (κ3) is 12.0. The van der Waals surface area contributed by atoms with Gasteiger partial charge in [-0.1, -0.05) is 44.2 Å². The number of aliphatic hydroxyl groups is 1. The van der Waals surface area contributed by atoms with E-state index in [1.165, 1.54) is 6.92 Å². The van der Waals surface area contributed by atoms with Crippen LogP contribution < -0.4 is 33.2 Å². The van der Waals surface area contributed by atoms with Crippen molar-refractivity contribution in [1.82, 2.24) is 16.0 Å². The third-order valence-corrected chi connectivity index (χ3v) is 5.60. The van der Waals surface area contributed by atoms with Gasteiger partial charge in [-0.3, -0.25) is 19.4 Å². The lowest BCUT2D eigenvalue weighted by Crippen LogP contribution is -2.58. The van der Waals surface area contributed by atoms with Crippen molar-refractivity contribution in [3.05, 3.63) is 35.9 Å². The zero-order valence-corrected chi connectivity index (χ0v) is 22.1. The normalized spacial score (nSPS) is 14.9. The number of nitrogens with two attached hydrogens (primary N) is 3. The number of carbonyl (C=O) groups is 4. The van der Waals surface area contributed by atoms with Crippen LogP contribution in [0.5, 0.6) is 0 Å². The molecule has 0 aliphatic carbocycles. The predicted molar refractivity (Wildman–Crippen MR) is 143 cm³/mol. The summed E-state index contributed by atoms with van der Waals surface area (Å²) in [6.45, 7) is 5.13. The van der Waals surface area contributed by atoms with Gasteiger partial charge in [0.2, 0.25) is 17.7 Å². The van der Waals surface area contributed by atoms with Crippen LogP contribution in [0, 0.1) is 5.92 Å². The Morgan fingerprint density at radius 2 is 1.50 bits per heavy atom. The first-order valence-electron chi connectivity index (χ1n) is 12.5. The van der Waals surface area contributed by atoms with Crippen molar-refractivity contribution in [2.75, 3.05) is 6.54 Å². The van der Waals surface area contributed by atoms with Crippen molar-refractivity contribution in [2.45, 2.75) is 76.7 Å². The Bertz CT molecular complexity index is 951. The van der Waals surface area contributed by atoms with E-state index in [4.69, 9.17) is 17.2 Å². The van der Waals surface area contributed by atoms with Gasteiger partial charge < -0.3 is 43.4 Å². The van der Waals surface area contributed by atoms with Crippen molar-refractivity contribution in [3.63, 3.8) is 0 Å². The Kier molecular flexibility index (Phi) is 13.8. The molecule has 1 rings (SSSR count). The largest absolute Gasteiger partial charge is 0.480 e. The average molecular weight is 536 g/mol. The number of benzene rings is 1. The summed E-state index contributed by atoms with van der Waals surface area (Å²) in [4.78, 5) is 54.2. The summed E-state index contributed by atoms with van der Waals surface area (Å²) in [6, 6.07) is 4.54. The van der Waals surface area contributed by atoms with Gasteiger partial charge in [0.1, 0.15) is 12.1 Å². The minimum atomic E-state index is -1.58. The summed E-state index contributed by atoms with van der Waals surface area (Å²) in [7, 11) is 0. The molecular formula is C25H41N7O6. The minimum Gasteiger partial charge on any atom is -0.480 e. The molecule has 0 aliphatic heterocycles. The van der Waals surface area contributed by atoms with Gasteiger partial charge >= 0.3 is 5.97 Å². The highest BCUT2D eigenvalue weighted by Gasteiger charge is 2.32. The Labute approximate surface area is 222 Å². The lowest BCUT2D eigenvalue weighted by molar-refractivity contribution is -0.145. The molecular weight excluding hydrogens is 494 g/mol. The number of nitrogens with one attached hydrogen (secondary N) is 3. The molecule has 5 unspecified atom stereocenters. The van der Waals surface area contributed by atoms with Crippen LogP contribution >= 0.6 is 0 Å². The molecule has 1 aromatic rings. The van der Waals surface area contributed by atoms with Gasteiger partial charge in [0, 0.05) is 6.54 Å². The van der Waals surface area contributed by atoms with Crippen LogP contribution in [0.1, 0.15) is 45.6 Å². The van der Waals surface area contributed by atoms with Crippen LogP contribution in [0.25, 0.3) is 0 Å². The summed E-state index contributed by atoms with van der Waals surface area (Å²) >= 11 is 0. The second kappa shape index (κ2) is 16.2. The molecule has 0 spiro atoms. The molecule has 0 aliphatic rings. The highest BCUT2D eigenvalue weighted by Crippen LogP contribution is 2.09. The number of carboxylic acid groups (broad SMARTS) is 1. The molecule has 5 atom stereocenters. The molecule has 212 valence electrons. The first kappa shape index (κ1) is 32.3. The van der Waals surface area contributed by atoms with E-state index in [1.54, 1.807) is 0 Å². The number of guanidine groups is 1. The molecule has 1 aromatic carbocycles. The van der Waals surface area contributed by atoms with Crippen LogP contribution in [0.2, 0.25) is 0 Å². The van der Waals surface area contributed by atoms with Crippen LogP contribution in [0.3, 0.4) is 0 Å². The number of carboxylic acids is 1. The molecule has 0 saturated heterocycles.